The highest BCUT2D eigenvalue weighted by Crippen LogP contribution is 2.28. The molecular formula is C13H21N3O2. The quantitative estimate of drug-likeness (QED) is 0.716. The second-order valence-corrected chi connectivity index (χ2v) is 4.64. The Bertz CT molecular complexity index is 380. The lowest BCUT2D eigenvalue weighted by Gasteiger charge is -2.08. The molecule has 1 aliphatic rings. The second-order valence-electron chi connectivity index (χ2n) is 4.64. The molecule has 100 valence electrons. The van der Waals surface area contributed by atoms with Gasteiger partial charge in [0.1, 0.15) is 11.6 Å². The second kappa shape index (κ2) is 6.54. The molecule has 0 atom stereocenters. The number of methoxy groups -OCH3 is 1. The minimum absolute atomic E-state index is 0.593. The summed E-state index contributed by atoms with van der Waals surface area (Å²) in [4.78, 5) is 8.43. The zero-order chi connectivity index (χ0) is 12.8. The van der Waals surface area contributed by atoms with E-state index in [1.54, 1.807) is 13.2 Å². The van der Waals surface area contributed by atoms with Crippen LogP contribution in [0.15, 0.2) is 6.07 Å². The number of nitrogens with one attached hydrogen (secondary N) is 1. The zero-order valence-electron chi connectivity index (χ0n) is 11.1. The number of aromatic nitrogens is 2. The van der Waals surface area contributed by atoms with Gasteiger partial charge in [-0.25, -0.2) is 4.98 Å². The molecular weight excluding hydrogens is 230 g/mol. The standard InChI is InChI=1S/C13H21N3O2/c1-10-15-12(8-13(16-10)17-2)14-6-3-7-18-9-11-4-5-11/h8,11H,3-7,9H2,1-2H3,(H,14,15,16). The van der Waals surface area contributed by atoms with E-state index < -0.39 is 0 Å². The van der Waals surface area contributed by atoms with E-state index in [2.05, 4.69) is 15.3 Å². The maximum absolute atomic E-state index is 5.57. The molecule has 0 unspecified atom stereocenters. The average Bonchev–Trinajstić information content (AvgIpc) is 3.17. The molecule has 5 heteroatoms. The molecule has 1 N–H and O–H groups in total. The molecule has 0 aliphatic heterocycles. The van der Waals surface area contributed by atoms with Gasteiger partial charge < -0.3 is 14.8 Å². The molecule has 5 nitrogen and oxygen atoms in total. The first kappa shape index (κ1) is 13.1. The zero-order valence-corrected chi connectivity index (χ0v) is 11.1. The van der Waals surface area contributed by atoms with E-state index in [0.717, 1.165) is 37.9 Å². The molecule has 0 saturated heterocycles. The molecule has 1 aromatic rings. The van der Waals surface area contributed by atoms with Gasteiger partial charge in [-0.2, -0.15) is 4.98 Å². The van der Waals surface area contributed by atoms with E-state index in [1.165, 1.54) is 12.8 Å². The van der Waals surface area contributed by atoms with Crippen molar-refractivity contribution >= 4 is 5.82 Å². The summed E-state index contributed by atoms with van der Waals surface area (Å²) in [6, 6.07) is 1.80. The normalized spacial score (nSPS) is 14.6. The third kappa shape index (κ3) is 4.49. The summed E-state index contributed by atoms with van der Waals surface area (Å²) in [5, 5.41) is 3.25. The summed E-state index contributed by atoms with van der Waals surface area (Å²) in [5.41, 5.74) is 0. The number of hydrogen-bond acceptors (Lipinski definition) is 5. The SMILES string of the molecule is COc1cc(NCCCOCC2CC2)nc(C)n1. The van der Waals surface area contributed by atoms with Crippen LogP contribution >= 0.6 is 0 Å². The van der Waals surface area contributed by atoms with Crippen LogP contribution in [0, 0.1) is 12.8 Å². The van der Waals surface area contributed by atoms with Crippen LogP contribution in [0.2, 0.25) is 0 Å². The van der Waals surface area contributed by atoms with Gasteiger partial charge in [0.05, 0.1) is 7.11 Å². The topological polar surface area (TPSA) is 56.3 Å². The van der Waals surface area contributed by atoms with Gasteiger partial charge in [0, 0.05) is 25.8 Å². The van der Waals surface area contributed by atoms with Crippen molar-refractivity contribution in [1.82, 2.24) is 9.97 Å². The Balaban J connectivity index is 1.63. The highest BCUT2D eigenvalue weighted by Gasteiger charge is 2.20. The number of aryl methyl sites for hydroxylation is 1. The molecule has 0 aromatic carbocycles. The smallest absolute Gasteiger partial charge is 0.218 e. The lowest BCUT2D eigenvalue weighted by atomic mass is 10.4. The van der Waals surface area contributed by atoms with Crippen LogP contribution in [0.1, 0.15) is 25.1 Å². The first-order valence-electron chi connectivity index (χ1n) is 6.49. The first-order valence-corrected chi connectivity index (χ1v) is 6.49. The summed E-state index contributed by atoms with van der Waals surface area (Å²) in [6.45, 7) is 4.45. The van der Waals surface area contributed by atoms with Crippen LogP contribution in [0.3, 0.4) is 0 Å². The van der Waals surface area contributed by atoms with Crippen molar-refractivity contribution in [2.45, 2.75) is 26.2 Å². The van der Waals surface area contributed by atoms with Gasteiger partial charge in [-0.1, -0.05) is 0 Å². The monoisotopic (exact) mass is 251 g/mol. The fraction of sp³-hybridized carbons (Fsp3) is 0.692. The van der Waals surface area contributed by atoms with Crippen molar-refractivity contribution in [3.63, 3.8) is 0 Å². The summed E-state index contributed by atoms with van der Waals surface area (Å²) < 4.78 is 10.7. The number of nitrogens with zero attached hydrogens (tertiary/aromatic N) is 2. The maximum Gasteiger partial charge on any atom is 0.218 e. The van der Waals surface area contributed by atoms with Gasteiger partial charge in [0.15, 0.2) is 0 Å². The van der Waals surface area contributed by atoms with Crippen molar-refractivity contribution < 1.29 is 9.47 Å². The highest BCUT2D eigenvalue weighted by molar-refractivity contribution is 5.38. The van der Waals surface area contributed by atoms with Gasteiger partial charge in [-0.05, 0) is 32.1 Å². The minimum Gasteiger partial charge on any atom is -0.481 e. The Morgan fingerprint density at radius 2 is 2.22 bits per heavy atom. The summed E-state index contributed by atoms with van der Waals surface area (Å²) in [6.07, 6.45) is 3.68. The van der Waals surface area contributed by atoms with Crippen LogP contribution in [-0.4, -0.2) is 36.8 Å². The minimum atomic E-state index is 0.593. The van der Waals surface area contributed by atoms with Crippen molar-refractivity contribution in [2.75, 3.05) is 32.2 Å². The van der Waals surface area contributed by atoms with Gasteiger partial charge in [-0.15, -0.1) is 0 Å². The van der Waals surface area contributed by atoms with Crippen LogP contribution < -0.4 is 10.1 Å². The Morgan fingerprint density at radius 3 is 2.94 bits per heavy atom. The average molecular weight is 251 g/mol. The molecule has 0 bridgehead atoms. The fourth-order valence-electron chi connectivity index (χ4n) is 1.66. The van der Waals surface area contributed by atoms with E-state index in [1.807, 2.05) is 6.92 Å². The lowest BCUT2D eigenvalue weighted by molar-refractivity contribution is 0.124. The van der Waals surface area contributed by atoms with E-state index >= 15 is 0 Å². The van der Waals surface area contributed by atoms with Crippen molar-refractivity contribution in [2.24, 2.45) is 5.92 Å². The third-order valence-electron chi connectivity index (χ3n) is 2.85. The number of anilines is 1. The molecule has 1 saturated carbocycles. The molecule has 1 aliphatic carbocycles. The summed E-state index contributed by atoms with van der Waals surface area (Å²) in [7, 11) is 1.61. The predicted octanol–water partition coefficient (Wildman–Crippen LogP) is 2.02. The van der Waals surface area contributed by atoms with E-state index in [4.69, 9.17) is 9.47 Å². The number of hydrogen-bond donors (Lipinski definition) is 1. The van der Waals surface area contributed by atoms with Crippen LogP contribution in [0.5, 0.6) is 5.88 Å². The van der Waals surface area contributed by atoms with E-state index in [9.17, 15) is 0 Å². The summed E-state index contributed by atoms with van der Waals surface area (Å²) in [5.74, 6) is 2.95. The van der Waals surface area contributed by atoms with Crippen LogP contribution in [-0.2, 0) is 4.74 Å². The highest BCUT2D eigenvalue weighted by atomic mass is 16.5. The van der Waals surface area contributed by atoms with Gasteiger partial charge >= 0.3 is 0 Å². The molecule has 1 heterocycles. The van der Waals surface area contributed by atoms with Crippen LogP contribution in [0.25, 0.3) is 0 Å². The number of ether oxygens (including phenoxy) is 2. The van der Waals surface area contributed by atoms with Crippen molar-refractivity contribution in [1.29, 1.82) is 0 Å². The molecule has 1 aromatic heterocycles. The Hall–Kier alpha value is -1.36. The molecule has 18 heavy (non-hydrogen) atoms. The van der Waals surface area contributed by atoms with Gasteiger partial charge in [0.2, 0.25) is 5.88 Å². The first-order chi connectivity index (χ1) is 8.78. The third-order valence-corrected chi connectivity index (χ3v) is 2.85. The predicted molar refractivity (Wildman–Crippen MR) is 70.0 cm³/mol. The van der Waals surface area contributed by atoms with Crippen LogP contribution in [0.4, 0.5) is 5.82 Å². The van der Waals surface area contributed by atoms with Crippen molar-refractivity contribution in [3.8, 4) is 5.88 Å². The molecule has 2 rings (SSSR count). The molecule has 0 amide bonds. The lowest BCUT2D eigenvalue weighted by Crippen LogP contribution is -2.09. The van der Waals surface area contributed by atoms with E-state index in [-0.39, 0.29) is 0 Å². The van der Waals surface area contributed by atoms with Gasteiger partial charge in [0.25, 0.3) is 0 Å². The summed E-state index contributed by atoms with van der Waals surface area (Å²) >= 11 is 0. The molecule has 0 radical (unpaired) electrons. The molecule has 1 fully saturated rings. The van der Waals surface area contributed by atoms with Crippen molar-refractivity contribution in [3.05, 3.63) is 11.9 Å². The van der Waals surface area contributed by atoms with E-state index in [0.29, 0.717) is 11.7 Å². The van der Waals surface area contributed by atoms with Gasteiger partial charge in [-0.3, -0.25) is 0 Å². The largest absolute Gasteiger partial charge is 0.481 e. The fourth-order valence-corrected chi connectivity index (χ4v) is 1.66. The number of rotatable bonds is 8. The Morgan fingerprint density at radius 1 is 1.39 bits per heavy atom. The molecule has 0 spiro atoms. The maximum atomic E-state index is 5.57. The Labute approximate surface area is 108 Å². The Kier molecular flexibility index (Phi) is 4.75.